The molecule has 0 fully saturated rings. The Morgan fingerprint density at radius 1 is 1.20 bits per heavy atom. The number of halogens is 2. The molecule has 0 radical (unpaired) electrons. The summed E-state index contributed by atoms with van der Waals surface area (Å²) in [6.07, 6.45) is 4.35. The zero-order valence-corrected chi connectivity index (χ0v) is 13.6. The summed E-state index contributed by atoms with van der Waals surface area (Å²) >= 11 is 0. The van der Waals surface area contributed by atoms with Crippen molar-refractivity contribution < 1.29 is 23.0 Å². The van der Waals surface area contributed by atoms with Crippen molar-refractivity contribution in [2.75, 3.05) is 19.0 Å². The van der Waals surface area contributed by atoms with Crippen LogP contribution in [0.2, 0.25) is 0 Å². The van der Waals surface area contributed by atoms with Crippen LogP contribution in [-0.4, -0.2) is 19.6 Å². The van der Waals surface area contributed by atoms with Crippen LogP contribution >= 0.6 is 0 Å². The Morgan fingerprint density at radius 2 is 2.00 bits per heavy atom. The summed E-state index contributed by atoms with van der Waals surface area (Å²) in [4.78, 5) is 11.9. The van der Waals surface area contributed by atoms with Crippen molar-refractivity contribution in [2.45, 2.75) is 0 Å². The minimum atomic E-state index is -0.714. The van der Waals surface area contributed by atoms with Gasteiger partial charge >= 0.3 is 0 Å². The van der Waals surface area contributed by atoms with Crippen LogP contribution in [0, 0.1) is 11.6 Å². The van der Waals surface area contributed by atoms with Crippen LogP contribution < -0.4 is 14.8 Å². The second-order valence-corrected chi connectivity index (χ2v) is 4.96. The molecule has 0 saturated heterocycles. The van der Waals surface area contributed by atoms with E-state index in [2.05, 4.69) is 11.9 Å². The number of nitrogens with one attached hydrogen (secondary N) is 1. The molecule has 0 aromatic heterocycles. The molecule has 2 aromatic carbocycles. The van der Waals surface area contributed by atoms with Crippen LogP contribution in [0.5, 0.6) is 11.5 Å². The van der Waals surface area contributed by atoms with E-state index in [1.807, 2.05) is 0 Å². The quantitative estimate of drug-likeness (QED) is 0.605. The summed E-state index contributed by atoms with van der Waals surface area (Å²) in [6, 6.07) is 7.95. The molecule has 0 aliphatic rings. The van der Waals surface area contributed by atoms with Crippen LogP contribution in [0.4, 0.5) is 14.5 Å². The van der Waals surface area contributed by atoms with Gasteiger partial charge in [-0.05, 0) is 35.9 Å². The molecular weight excluding hydrogens is 328 g/mol. The fourth-order valence-electron chi connectivity index (χ4n) is 2.00. The van der Waals surface area contributed by atoms with Gasteiger partial charge in [-0.3, -0.25) is 4.79 Å². The first-order chi connectivity index (χ1) is 12.0. The number of carbonyl (C=O) groups is 1. The van der Waals surface area contributed by atoms with Crippen molar-refractivity contribution >= 4 is 17.7 Å². The van der Waals surface area contributed by atoms with Gasteiger partial charge < -0.3 is 14.8 Å². The van der Waals surface area contributed by atoms with Gasteiger partial charge in [0.05, 0.1) is 12.8 Å². The molecule has 1 amide bonds. The highest BCUT2D eigenvalue weighted by Gasteiger charge is 2.07. The molecular formula is C19H17F2NO3. The second kappa shape index (κ2) is 8.63. The van der Waals surface area contributed by atoms with E-state index in [1.165, 1.54) is 19.3 Å². The van der Waals surface area contributed by atoms with Gasteiger partial charge in [0, 0.05) is 12.1 Å². The summed E-state index contributed by atoms with van der Waals surface area (Å²) in [5.74, 6) is -0.893. The number of anilines is 1. The van der Waals surface area contributed by atoms with Gasteiger partial charge in [-0.1, -0.05) is 18.7 Å². The molecule has 0 atom stereocenters. The van der Waals surface area contributed by atoms with E-state index < -0.39 is 17.5 Å². The Bertz CT molecular complexity index is 803. The fourth-order valence-corrected chi connectivity index (χ4v) is 2.00. The lowest BCUT2D eigenvalue weighted by Crippen LogP contribution is -2.09. The predicted octanol–water partition coefficient (Wildman–Crippen LogP) is 4.19. The lowest BCUT2D eigenvalue weighted by Gasteiger charge is -2.09. The largest absolute Gasteiger partial charge is 0.493 e. The maximum atomic E-state index is 13.5. The summed E-state index contributed by atoms with van der Waals surface area (Å²) in [7, 11) is 1.50. The number of benzene rings is 2. The Labute approximate surface area is 144 Å². The first kappa shape index (κ1) is 18.2. The van der Waals surface area contributed by atoms with Crippen molar-refractivity contribution in [3.8, 4) is 11.5 Å². The minimum absolute atomic E-state index is 0.222. The standard InChI is InChI=1S/C19H17F2NO3/c1-3-10-25-17-8-4-13(11-18(17)24-2)5-9-19(23)22-16-12-14(20)6-7-15(16)21/h3-9,11-12H,1,10H2,2H3,(H,22,23)/b9-5+. The summed E-state index contributed by atoms with van der Waals surface area (Å²) in [5, 5.41) is 2.28. The van der Waals surface area contributed by atoms with Gasteiger partial charge in [-0.2, -0.15) is 0 Å². The monoisotopic (exact) mass is 345 g/mol. The molecule has 0 aliphatic carbocycles. The maximum Gasteiger partial charge on any atom is 0.248 e. The lowest BCUT2D eigenvalue weighted by atomic mass is 10.2. The second-order valence-electron chi connectivity index (χ2n) is 4.96. The number of amides is 1. The molecule has 2 rings (SSSR count). The third-order valence-corrected chi connectivity index (χ3v) is 3.16. The Hall–Kier alpha value is -3.15. The topological polar surface area (TPSA) is 47.6 Å². The molecule has 130 valence electrons. The van der Waals surface area contributed by atoms with Gasteiger partial charge in [-0.15, -0.1) is 0 Å². The van der Waals surface area contributed by atoms with Gasteiger partial charge in [0.1, 0.15) is 18.2 Å². The molecule has 0 saturated carbocycles. The van der Waals surface area contributed by atoms with E-state index >= 15 is 0 Å². The van der Waals surface area contributed by atoms with Gasteiger partial charge in [0.15, 0.2) is 11.5 Å². The lowest BCUT2D eigenvalue weighted by molar-refractivity contribution is -0.111. The molecule has 6 heteroatoms. The van der Waals surface area contributed by atoms with Crippen LogP contribution in [0.15, 0.2) is 55.1 Å². The Morgan fingerprint density at radius 3 is 2.72 bits per heavy atom. The highest BCUT2D eigenvalue weighted by molar-refractivity contribution is 6.02. The maximum absolute atomic E-state index is 13.5. The molecule has 1 N–H and O–H groups in total. The van der Waals surface area contributed by atoms with Crippen molar-refractivity contribution in [3.63, 3.8) is 0 Å². The van der Waals surface area contributed by atoms with Crippen molar-refractivity contribution in [1.29, 1.82) is 0 Å². The third-order valence-electron chi connectivity index (χ3n) is 3.16. The van der Waals surface area contributed by atoms with Crippen LogP contribution in [0.3, 0.4) is 0 Å². The zero-order chi connectivity index (χ0) is 18.2. The third kappa shape index (κ3) is 5.17. The molecule has 0 unspecified atom stereocenters. The summed E-state index contributed by atoms with van der Waals surface area (Å²) in [5.41, 5.74) is 0.457. The smallest absolute Gasteiger partial charge is 0.248 e. The average molecular weight is 345 g/mol. The number of hydrogen-bond acceptors (Lipinski definition) is 3. The van der Waals surface area contributed by atoms with Gasteiger partial charge in [0.2, 0.25) is 5.91 Å². The average Bonchev–Trinajstić information content (AvgIpc) is 2.61. The van der Waals surface area contributed by atoms with Crippen molar-refractivity contribution in [3.05, 3.63) is 72.3 Å². The molecule has 0 spiro atoms. The fraction of sp³-hybridized carbons (Fsp3) is 0.105. The highest BCUT2D eigenvalue weighted by Crippen LogP contribution is 2.28. The zero-order valence-electron chi connectivity index (χ0n) is 13.6. The van der Waals surface area contributed by atoms with E-state index in [0.29, 0.717) is 23.7 Å². The van der Waals surface area contributed by atoms with Crippen LogP contribution in [-0.2, 0) is 4.79 Å². The summed E-state index contributed by atoms with van der Waals surface area (Å²) < 4.78 is 37.3. The highest BCUT2D eigenvalue weighted by atomic mass is 19.1. The number of carbonyl (C=O) groups excluding carboxylic acids is 1. The Balaban J connectivity index is 2.08. The Kier molecular flexibility index (Phi) is 6.28. The minimum Gasteiger partial charge on any atom is -0.493 e. The molecule has 0 bridgehead atoms. The number of rotatable bonds is 7. The predicted molar refractivity (Wildman–Crippen MR) is 92.7 cm³/mol. The van der Waals surface area contributed by atoms with E-state index in [1.54, 1.807) is 24.3 Å². The number of methoxy groups -OCH3 is 1. The van der Waals surface area contributed by atoms with Crippen LogP contribution in [0.1, 0.15) is 5.56 Å². The van der Waals surface area contributed by atoms with E-state index in [4.69, 9.17) is 9.47 Å². The molecule has 4 nitrogen and oxygen atoms in total. The van der Waals surface area contributed by atoms with Gasteiger partial charge in [0.25, 0.3) is 0 Å². The SMILES string of the molecule is C=CCOc1ccc(/C=C/C(=O)Nc2cc(F)ccc2F)cc1OC. The van der Waals surface area contributed by atoms with E-state index in [0.717, 1.165) is 18.2 Å². The first-order valence-corrected chi connectivity index (χ1v) is 7.39. The molecule has 25 heavy (non-hydrogen) atoms. The molecule has 2 aromatic rings. The van der Waals surface area contributed by atoms with Crippen molar-refractivity contribution in [1.82, 2.24) is 0 Å². The number of hydrogen-bond donors (Lipinski definition) is 1. The first-order valence-electron chi connectivity index (χ1n) is 7.39. The van der Waals surface area contributed by atoms with E-state index in [-0.39, 0.29) is 5.69 Å². The normalized spacial score (nSPS) is 10.5. The van der Waals surface area contributed by atoms with Gasteiger partial charge in [-0.25, -0.2) is 8.78 Å². The van der Waals surface area contributed by atoms with E-state index in [9.17, 15) is 13.6 Å². The molecule has 0 aliphatic heterocycles. The number of ether oxygens (including phenoxy) is 2. The summed E-state index contributed by atoms with van der Waals surface area (Å²) in [6.45, 7) is 3.91. The van der Waals surface area contributed by atoms with Crippen molar-refractivity contribution in [2.24, 2.45) is 0 Å². The van der Waals surface area contributed by atoms with Crippen LogP contribution in [0.25, 0.3) is 6.08 Å². The molecule has 0 heterocycles.